The summed E-state index contributed by atoms with van der Waals surface area (Å²) in [7, 11) is 0. The summed E-state index contributed by atoms with van der Waals surface area (Å²) in [6.45, 7) is 1.77. The molecular weight excluding hydrogens is 244 g/mol. The van der Waals surface area contributed by atoms with Crippen molar-refractivity contribution in [1.82, 2.24) is 0 Å². The Morgan fingerprint density at radius 3 is 2.74 bits per heavy atom. The van der Waals surface area contributed by atoms with E-state index in [4.69, 9.17) is 20.9 Å². The predicted octanol–water partition coefficient (Wildman–Crippen LogP) is 0.302. The highest BCUT2D eigenvalue weighted by Crippen LogP contribution is 2.31. The van der Waals surface area contributed by atoms with Crippen LogP contribution in [-0.2, 0) is 6.42 Å². The van der Waals surface area contributed by atoms with Gasteiger partial charge in [-0.25, -0.2) is 4.99 Å². The Bertz CT molecular complexity index is 554. The first kappa shape index (κ1) is 11.8. The standard InChI is InChI=1S/C13H16N4O2/c14-12-9(7-16-13(15)17-12)5-8-1-2-10-11(6-8)19-4-3-18-10/h1-2,6,9H,3-5,7H2,(H4,14,15,16,17). The van der Waals surface area contributed by atoms with E-state index in [2.05, 4.69) is 9.98 Å². The van der Waals surface area contributed by atoms with E-state index >= 15 is 0 Å². The molecule has 1 aromatic carbocycles. The normalized spacial score (nSPS) is 21.6. The zero-order valence-electron chi connectivity index (χ0n) is 10.5. The van der Waals surface area contributed by atoms with E-state index < -0.39 is 0 Å². The number of ether oxygens (including phenoxy) is 2. The van der Waals surface area contributed by atoms with Crippen molar-refractivity contribution < 1.29 is 9.47 Å². The van der Waals surface area contributed by atoms with Crippen molar-refractivity contribution >= 4 is 11.8 Å². The number of aliphatic imine (C=N–C) groups is 2. The van der Waals surface area contributed by atoms with Gasteiger partial charge in [-0.2, -0.15) is 0 Å². The van der Waals surface area contributed by atoms with Gasteiger partial charge in [0.1, 0.15) is 19.0 Å². The Morgan fingerprint density at radius 2 is 1.95 bits per heavy atom. The van der Waals surface area contributed by atoms with E-state index in [1.54, 1.807) is 0 Å². The molecule has 4 N–H and O–H groups in total. The minimum absolute atomic E-state index is 0.0925. The largest absolute Gasteiger partial charge is 0.486 e. The fourth-order valence-electron chi connectivity index (χ4n) is 2.22. The number of benzene rings is 1. The van der Waals surface area contributed by atoms with Gasteiger partial charge in [-0.1, -0.05) is 6.07 Å². The molecule has 19 heavy (non-hydrogen) atoms. The molecular formula is C13H16N4O2. The summed E-state index contributed by atoms with van der Waals surface area (Å²) < 4.78 is 11.1. The molecule has 1 atom stereocenters. The van der Waals surface area contributed by atoms with E-state index in [0.29, 0.717) is 25.6 Å². The van der Waals surface area contributed by atoms with Crippen molar-refractivity contribution in [2.24, 2.45) is 27.4 Å². The molecule has 0 saturated heterocycles. The number of rotatable bonds is 2. The number of fused-ring (bicyclic) bond motifs is 1. The van der Waals surface area contributed by atoms with Gasteiger partial charge in [0.15, 0.2) is 11.5 Å². The molecule has 2 aliphatic heterocycles. The third-order valence-electron chi connectivity index (χ3n) is 3.22. The highest BCUT2D eigenvalue weighted by Gasteiger charge is 2.19. The van der Waals surface area contributed by atoms with Gasteiger partial charge in [0.25, 0.3) is 0 Å². The quantitative estimate of drug-likeness (QED) is 0.799. The molecule has 0 spiro atoms. The van der Waals surface area contributed by atoms with Gasteiger partial charge in [-0.05, 0) is 24.1 Å². The molecule has 0 fully saturated rings. The van der Waals surface area contributed by atoms with Gasteiger partial charge in [0, 0.05) is 5.92 Å². The number of guanidine groups is 1. The Hall–Kier alpha value is -2.24. The minimum Gasteiger partial charge on any atom is -0.486 e. The first-order chi connectivity index (χ1) is 9.22. The van der Waals surface area contributed by atoms with Gasteiger partial charge in [-0.3, -0.25) is 4.99 Å². The summed E-state index contributed by atoms with van der Waals surface area (Å²) in [6.07, 6.45) is 0.767. The zero-order valence-corrected chi connectivity index (χ0v) is 10.5. The lowest BCUT2D eigenvalue weighted by Crippen LogP contribution is -2.34. The lowest BCUT2D eigenvalue weighted by molar-refractivity contribution is 0.171. The molecule has 3 rings (SSSR count). The van der Waals surface area contributed by atoms with Gasteiger partial charge in [-0.15, -0.1) is 0 Å². The number of hydrogen-bond donors (Lipinski definition) is 2. The van der Waals surface area contributed by atoms with Crippen LogP contribution < -0.4 is 20.9 Å². The summed E-state index contributed by atoms with van der Waals surface area (Å²) in [5.41, 5.74) is 12.5. The minimum atomic E-state index is 0.0925. The summed E-state index contributed by atoms with van der Waals surface area (Å²) in [6, 6.07) is 5.93. The molecule has 0 aliphatic carbocycles. The van der Waals surface area contributed by atoms with Crippen LogP contribution in [0.25, 0.3) is 0 Å². The van der Waals surface area contributed by atoms with Crippen LogP contribution in [0, 0.1) is 5.92 Å². The molecule has 0 bridgehead atoms. The van der Waals surface area contributed by atoms with Crippen LogP contribution in [0.2, 0.25) is 0 Å². The molecule has 100 valence electrons. The number of amidine groups is 1. The number of nitrogens with two attached hydrogens (primary N) is 2. The summed E-state index contributed by atoms with van der Waals surface area (Å²) in [5.74, 6) is 2.48. The molecule has 0 amide bonds. The van der Waals surface area contributed by atoms with Gasteiger partial charge >= 0.3 is 0 Å². The van der Waals surface area contributed by atoms with Crippen LogP contribution in [-0.4, -0.2) is 31.6 Å². The van der Waals surface area contributed by atoms with E-state index in [9.17, 15) is 0 Å². The van der Waals surface area contributed by atoms with Crippen LogP contribution in [0.1, 0.15) is 5.56 Å². The van der Waals surface area contributed by atoms with Crippen LogP contribution >= 0.6 is 0 Å². The van der Waals surface area contributed by atoms with Gasteiger partial charge in [0.05, 0.1) is 6.54 Å². The fraction of sp³-hybridized carbons (Fsp3) is 0.385. The SMILES string of the molecule is NC1=NCC(Cc2ccc3c(c2)OCCO3)C(N)=N1. The van der Waals surface area contributed by atoms with Crippen molar-refractivity contribution in [1.29, 1.82) is 0 Å². The van der Waals surface area contributed by atoms with Crippen LogP contribution in [0.4, 0.5) is 0 Å². The van der Waals surface area contributed by atoms with E-state index in [-0.39, 0.29) is 11.9 Å². The van der Waals surface area contributed by atoms with Crippen LogP contribution in [0.3, 0.4) is 0 Å². The van der Waals surface area contributed by atoms with E-state index in [1.807, 2.05) is 18.2 Å². The monoisotopic (exact) mass is 260 g/mol. The average molecular weight is 260 g/mol. The number of nitrogens with zero attached hydrogens (tertiary/aromatic N) is 2. The molecule has 6 nitrogen and oxygen atoms in total. The van der Waals surface area contributed by atoms with E-state index in [0.717, 1.165) is 23.5 Å². The maximum absolute atomic E-state index is 5.89. The Balaban J connectivity index is 1.75. The molecule has 0 aromatic heterocycles. The second kappa shape index (κ2) is 4.79. The van der Waals surface area contributed by atoms with Gasteiger partial charge in [0.2, 0.25) is 5.96 Å². The molecule has 2 heterocycles. The summed E-state index contributed by atoms with van der Waals surface area (Å²) in [4.78, 5) is 8.13. The van der Waals surface area contributed by atoms with Crippen LogP contribution in [0.15, 0.2) is 28.2 Å². The maximum Gasteiger partial charge on any atom is 0.217 e. The van der Waals surface area contributed by atoms with E-state index in [1.165, 1.54) is 0 Å². The number of hydrogen-bond acceptors (Lipinski definition) is 6. The first-order valence-corrected chi connectivity index (χ1v) is 6.25. The lowest BCUT2D eigenvalue weighted by atomic mass is 9.97. The third-order valence-corrected chi connectivity index (χ3v) is 3.22. The second-order valence-corrected chi connectivity index (χ2v) is 4.61. The zero-order chi connectivity index (χ0) is 13.2. The van der Waals surface area contributed by atoms with Crippen LogP contribution in [0.5, 0.6) is 11.5 Å². The maximum atomic E-state index is 5.89. The third kappa shape index (κ3) is 2.47. The first-order valence-electron chi connectivity index (χ1n) is 6.25. The molecule has 1 aromatic rings. The summed E-state index contributed by atoms with van der Waals surface area (Å²) >= 11 is 0. The molecule has 1 unspecified atom stereocenters. The van der Waals surface area contributed by atoms with Crippen molar-refractivity contribution in [3.05, 3.63) is 23.8 Å². The lowest BCUT2D eigenvalue weighted by Gasteiger charge is -2.21. The highest BCUT2D eigenvalue weighted by molar-refractivity contribution is 5.97. The van der Waals surface area contributed by atoms with Crippen molar-refractivity contribution in [2.45, 2.75) is 6.42 Å². The van der Waals surface area contributed by atoms with Crippen molar-refractivity contribution in [3.63, 3.8) is 0 Å². The molecule has 6 heteroatoms. The van der Waals surface area contributed by atoms with Crippen molar-refractivity contribution in [3.8, 4) is 11.5 Å². The average Bonchev–Trinajstić information content (AvgIpc) is 2.42. The smallest absolute Gasteiger partial charge is 0.217 e. The Kier molecular flexibility index (Phi) is 2.98. The van der Waals surface area contributed by atoms with Gasteiger partial charge < -0.3 is 20.9 Å². The second-order valence-electron chi connectivity index (χ2n) is 4.61. The summed E-state index contributed by atoms with van der Waals surface area (Å²) in [5, 5.41) is 0. The molecule has 2 aliphatic rings. The van der Waals surface area contributed by atoms with Crippen molar-refractivity contribution in [2.75, 3.05) is 19.8 Å². The predicted molar refractivity (Wildman–Crippen MR) is 72.7 cm³/mol. The highest BCUT2D eigenvalue weighted by atomic mass is 16.6. The molecule has 0 saturated carbocycles. The Labute approximate surface area is 111 Å². The fourth-order valence-corrected chi connectivity index (χ4v) is 2.22. The Morgan fingerprint density at radius 1 is 1.16 bits per heavy atom. The molecule has 0 radical (unpaired) electrons. The topological polar surface area (TPSA) is 95.2 Å².